The van der Waals surface area contributed by atoms with E-state index in [2.05, 4.69) is 4.74 Å². The second-order valence-electron chi connectivity index (χ2n) is 2.15. The second kappa shape index (κ2) is 4.36. The molecule has 2 N–H and O–H groups in total. The fourth-order valence-electron chi connectivity index (χ4n) is 0.832. The third kappa shape index (κ3) is 2.51. The summed E-state index contributed by atoms with van der Waals surface area (Å²) in [5.41, 5.74) is 0.414. The van der Waals surface area contributed by atoms with Crippen LogP contribution < -0.4 is 10.2 Å². The number of ether oxygens (including phenoxy) is 1. The van der Waals surface area contributed by atoms with E-state index in [-0.39, 0.29) is 16.5 Å². The predicted molar refractivity (Wildman–Crippen MR) is 43.0 cm³/mol. The first kappa shape index (κ1) is 10.2. The summed E-state index contributed by atoms with van der Waals surface area (Å²) in [6.07, 6.45) is 0. The predicted octanol–water partition coefficient (Wildman–Crippen LogP) is 1.63. The molecule has 0 unspecified atom stereocenters. The van der Waals surface area contributed by atoms with E-state index in [0.717, 1.165) is 0 Å². The SMILES string of the molecule is [O-][NH2+]c1cccc(Cl)c1OC(F)F. The fraction of sp³-hybridized carbons (Fsp3) is 0.143. The van der Waals surface area contributed by atoms with Gasteiger partial charge < -0.3 is 15.4 Å². The summed E-state index contributed by atoms with van der Waals surface area (Å²) >= 11 is 5.54. The van der Waals surface area contributed by atoms with Crippen LogP contribution in [0.15, 0.2) is 18.2 Å². The summed E-state index contributed by atoms with van der Waals surface area (Å²) in [6, 6.07) is 4.19. The summed E-state index contributed by atoms with van der Waals surface area (Å²) < 4.78 is 27.7. The first-order valence-corrected chi connectivity index (χ1v) is 3.71. The average Bonchev–Trinajstić information content (AvgIpc) is 2.08. The standard InChI is InChI=1S/C7H6ClF2NO2/c8-4-2-1-3-5(11-12)6(4)13-7(9)10/h1-3,7H,11H2. The number of quaternary nitrogens is 1. The van der Waals surface area contributed by atoms with Crippen LogP contribution in [0.5, 0.6) is 5.75 Å². The van der Waals surface area contributed by atoms with Gasteiger partial charge in [-0.2, -0.15) is 8.78 Å². The van der Waals surface area contributed by atoms with Crippen LogP contribution in [-0.4, -0.2) is 6.61 Å². The molecule has 0 aliphatic carbocycles. The van der Waals surface area contributed by atoms with Gasteiger partial charge in [0.05, 0.1) is 5.02 Å². The molecule has 3 nitrogen and oxygen atoms in total. The molecule has 0 atom stereocenters. The lowest BCUT2D eigenvalue weighted by atomic mass is 10.3. The molecule has 0 bridgehead atoms. The van der Waals surface area contributed by atoms with Crippen LogP contribution in [0.25, 0.3) is 0 Å². The molecule has 0 heterocycles. The van der Waals surface area contributed by atoms with Gasteiger partial charge in [-0.15, -0.1) is 0 Å². The van der Waals surface area contributed by atoms with Gasteiger partial charge in [0.1, 0.15) is 0 Å². The molecule has 0 aliphatic rings. The molecular weight excluding hydrogens is 204 g/mol. The molecular formula is C7H6ClF2NO2. The van der Waals surface area contributed by atoms with Crippen molar-refractivity contribution in [1.29, 1.82) is 0 Å². The molecule has 0 aromatic heterocycles. The van der Waals surface area contributed by atoms with Crippen LogP contribution in [0.1, 0.15) is 0 Å². The third-order valence-corrected chi connectivity index (χ3v) is 1.63. The number of hydrogen-bond donors (Lipinski definition) is 1. The van der Waals surface area contributed by atoms with E-state index in [0.29, 0.717) is 5.48 Å². The third-order valence-electron chi connectivity index (χ3n) is 1.33. The maximum absolute atomic E-state index is 11.8. The van der Waals surface area contributed by atoms with E-state index in [4.69, 9.17) is 11.6 Å². The monoisotopic (exact) mass is 209 g/mol. The Balaban J connectivity index is 3.00. The zero-order valence-corrected chi connectivity index (χ0v) is 7.09. The molecule has 0 saturated heterocycles. The van der Waals surface area contributed by atoms with Gasteiger partial charge in [0.25, 0.3) is 0 Å². The highest BCUT2D eigenvalue weighted by atomic mass is 35.5. The number of hydrogen-bond acceptors (Lipinski definition) is 2. The Hall–Kier alpha value is -0.910. The van der Waals surface area contributed by atoms with Crippen molar-refractivity contribution in [3.8, 4) is 5.75 Å². The summed E-state index contributed by atoms with van der Waals surface area (Å²) in [6.45, 7) is -2.99. The number of alkyl halides is 2. The van der Waals surface area contributed by atoms with Crippen molar-refractivity contribution < 1.29 is 19.0 Å². The Morgan fingerprint density at radius 1 is 1.46 bits per heavy atom. The number of benzene rings is 1. The summed E-state index contributed by atoms with van der Waals surface area (Å²) in [4.78, 5) is 0. The van der Waals surface area contributed by atoms with Gasteiger partial charge in [-0.25, -0.2) is 0 Å². The quantitative estimate of drug-likeness (QED) is 0.608. The molecule has 0 amide bonds. The number of para-hydroxylation sites is 1. The summed E-state index contributed by atoms with van der Waals surface area (Å²) in [5.74, 6) is -0.283. The zero-order chi connectivity index (χ0) is 9.84. The molecule has 1 aromatic carbocycles. The minimum absolute atomic E-state index is 0.00722. The van der Waals surface area contributed by atoms with Crippen LogP contribution in [0.2, 0.25) is 5.02 Å². The number of nitrogens with two attached hydrogens (primary N) is 1. The molecule has 0 saturated carbocycles. The van der Waals surface area contributed by atoms with Crippen molar-refractivity contribution in [3.63, 3.8) is 0 Å². The molecule has 6 heteroatoms. The van der Waals surface area contributed by atoms with Crippen LogP contribution in [-0.2, 0) is 0 Å². The summed E-state index contributed by atoms with van der Waals surface area (Å²) in [7, 11) is 0. The van der Waals surface area contributed by atoms with Crippen molar-refractivity contribution in [2.75, 3.05) is 0 Å². The number of rotatable bonds is 3. The van der Waals surface area contributed by atoms with Crippen LogP contribution in [0.4, 0.5) is 14.5 Å². The van der Waals surface area contributed by atoms with Gasteiger partial charge in [0.15, 0.2) is 5.69 Å². The van der Waals surface area contributed by atoms with Gasteiger partial charge in [-0.3, -0.25) is 0 Å². The lowest BCUT2D eigenvalue weighted by Crippen LogP contribution is -2.70. The average molecular weight is 210 g/mol. The Kier molecular flexibility index (Phi) is 3.41. The first-order valence-electron chi connectivity index (χ1n) is 3.33. The minimum atomic E-state index is -2.99. The van der Waals surface area contributed by atoms with E-state index >= 15 is 0 Å². The smallest absolute Gasteiger partial charge is 0.387 e. The molecule has 1 rings (SSSR count). The first-order chi connectivity index (χ1) is 6.15. The maximum atomic E-state index is 11.8. The van der Waals surface area contributed by atoms with E-state index in [1.807, 2.05) is 0 Å². The topological polar surface area (TPSA) is 48.9 Å². The maximum Gasteiger partial charge on any atom is 0.387 e. The number of halogens is 3. The molecule has 13 heavy (non-hydrogen) atoms. The van der Waals surface area contributed by atoms with E-state index in [1.54, 1.807) is 0 Å². The molecule has 0 fully saturated rings. The molecule has 0 aliphatic heterocycles. The van der Waals surface area contributed by atoms with Crippen molar-refractivity contribution in [2.24, 2.45) is 0 Å². The van der Waals surface area contributed by atoms with Gasteiger partial charge >= 0.3 is 6.61 Å². The lowest BCUT2D eigenvalue weighted by molar-refractivity contribution is -0.498. The van der Waals surface area contributed by atoms with Crippen molar-refractivity contribution in [3.05, 3.63) is 28.4 Å². The Labute approximate surface area is 77.8 Å². The molecule has 1 aromatic rings. The van der Waals surface area contributed by atoms with Crippen LogP contribution in [0, 0.1) is 5.21 Å². The highest BCUT2D eigenvalue weighted by Gasteiger charge is 2.14. The Bertz CT molecular complexity index is 296. The lowest BCUT2D eigenvalue weighted by Gasteiger charge is -2.10. The van der Waals surface area contributed by atoms with Gasteiger partial charge in [-0.1, -0.05) is 17.7 Å². The van der Waals surface area contributed by atoms with E-state index < -0.39 is 6.61 Å². The molecule has 0 spiro atoms. The highest BCUT2D eigenvalue weighted by molar-refractivity contribution is 6.32. The molecule has 72 valence electrons. The van der Waals surface area contributed by atoms with E-state index in [1.165, 1.54) is 18.2 Å². The fourth-order valence-corrected chi connectivity index (χ4v) is 1.06. The highest BCUT2D eigenvalue weighted by Crippen LogP contribution is 2.30. The minimum Gasteiger partial charge on any atom is -0.630 e. The largest absolute Gasteiger partial charge is 0.630 e. The van der Waals surface area contributed by atoms with Crippen LogP contribution in [0.3, 0.4) is 0 Å². The van der Waals surface area contributed by atoms with E-state index in [9.17, 15) is 14.0 Å². The second-order valence-corrected chi connectivity index (χ2v) is 2.56. The zero-order valence-electron chi connectivity index (χ0n) is 6.34. The van der Waals surface area contributed by atoms with Crippen molar-refractivity contribution in [2.45, 2.75) is 6.61 Å². The van der Waals surface area contributed by atoms with Gasteiger partial charge in [-0.05, 0) is 6.07 Å². The van der Waals surface area contributed by atoms with Gasteiger partial charge in [0, 0.05) is 6.07 Å². The normalized spacial score (nSPS) is 10.5. The Morgan fingerprint density at radius 3 is 2.69 bits per heavy atom. The van der Waals surface area contributed by atoms with Crippen molar-refractivity contribution >= 4 is 17.3 Å². The summed E-state index contributed by atoms with van der Waals surface area (Å²) in [5, 5.41) is 10.4. The van der Waals surface area contributed by atoms with Crippen molar-refractivity contribution in [1.82, 2.24) is 0 Å². The van der Waals surface area contributed by atoms with Gasteiger partial charge in [0.2, 0.25) is 5.75 Å². The molecule has 0 radical (unpaired) electrons. The Morgan fingerprint density at radius 2 is 2.15 bits per heavy atom. The van der Waals surface area contributed by atoms with Crippen LogP contribution >= 0.6 is 11.6 Å².